The highest BCUT2D eigenvalue weighted by molar-refractivity contribution is 7.29. The summed E-state index contributed by atoms with van der Waals surface area (Å²) in [6, 6.07) is 0. The number of fused-ring (bicyclic) bond motifs is 1. The van der Waals surface area contributed by atoms with Crippen LogP contribution in [0.4, 0.5) is 0 Å². The Morgan fingerprint density at radius 3 is 1.97 bits per heavy atom. The molecule has 29 heavy (non-hydrogen) atoms. The van der Waals surface area contributed by atoms with Gasteiger partial charge in [-0.25, -0.2) is 0 Å². The number of nitrogens with zero attached hydrogens (tertiary/aromatic N) is 1. The Balaban J connectivity index is 1.97. The van der Waals surface area contributed by atoms with Crippen LogP contribution in [0.5, 0.6) is 0 Å². The van der Waals surface area contributed by atoms with Crippen LogP contribution in [0.2, 0.25) is 6.82 Å². The molecule has 2 heterocycles. The molecule has 157 valence electrons. The molecular formula is C23H36B2NO2S. The van der Waals surface area contributed by atoms with E-state index in [1.807, 2.05) is 14.1 Å². The van der Waals surface area contributed by atoms with E-state index in [9.17, 15) is 9.59 Å². The number of carbonyl (C=O) groups excluding carboxylic acids is 2. The monoisotopic (exact) mass is 412 g/mol. The lowest BCUT2D eigenvalue weighted by Gasteiger charge is -2.23. The van der Waals surface area contributed by atoms with Crippen molar-refractivity contribution in [3.63, 3.8) is 0 Å². The maximum Gasteiger partial charge on any atom is 0.261 e. The van der Waals surface area contributed by atoms with E-state index in [4.69, 9.17) is 7.85 Å². The van der Waals surface area contributed by atoms with E-state index < -0.39 is 0 Å². The van der Waals surface area contributed by atoms with Gasteiger partial charge in [0, 0.05) is 6.54 Å². The van der Waals surface area contributed by atoms with Gasteiger partial charge in [0.15, 0.2) is 7.28 Å². The van der Waals surface area contributed by atoms with Gasteiger partial charge in [-0.15, -0.1) is 0 Å². The zero-order chi connectivity index (χ0) is 21.2. The molecule has 1 aromatic heterocycles. The summed E-state index contributed by atoms with van der Waals surface area (Å²) in [6.45, 7) is 6.89. The summed E-state index contributed by atoms with van der Waals surface area (Å²) >= 11 is 1.34. The van der Waals surface area contributed by atoms with Crippen LogP contribution in [0.1, 0.15) is 112 Å². The van der Waals surface area contributed by atoms with Crippen LogP contribution in [0, 0.1) is 5.92 Å². The predicted octanol–water partition coefficient (Wildman–Crippen LogP) is 4.85. The minimum absolute atomic E-state index is 0.146. The van der Waals surface area contributed by atoms with Crippen molar-refractivity contribution < 1.29 is 9.59 Å². The second-order valence-electron chi connectivity index (χ2n) is 8.36. The molecular weight excluding hydrogens is 376 g/mol. The Bertz CT molecular complexity index is 674. The topological polar surface area (TPSA) is 37.4 Å². The van der Waals surface area contributed by atoms with Gasteiger partial charge in [0.2, 0.25) is 0 Å². The van der Waals surface area contributed by atoms with E-state index in [1.165, 1.54) is 80.4 Å². The van der Waals surface area contributed by atoms with Crippen molar-refractivity contribution in [3.8, 4) is 0 Å². The quantitative estimate of drug-likeness (QED) is 0.235. The van der Waals surface area contributed by atoms with Gasteiger partial charge in [-0.05, 0) is 28.3 Å². The Hall–Kier alpha value is -1.03. The molecule has 1 unspecified atom stereocenters. The molecule has 1 aliphatic heterocycles. The molecule has 2 amide bonds. The summed E-state index contributed by atoms with van der Waals surface area (Å²) in [6.07, 6.45) is 14.7. The van der Waals surface area contributed by atoms with Crippen LogP contribution in [-0.2, 0) is 0 Å². The molecule has 0 aliphatic carbocycles. The van der Waals surface area contributed by atoms with Crippen LogP contribution >= 0.6 is 11.3 Å². The summed E-state index contributed by atoms with van der Waals surface area (Å²) in [5.74, 6) is 0.0646. The highest BCUT2D eigenvalue weighted by Crippen LogP contribution is 2.27. The fraction of sp³-hybridized carbons (Fsp3) is 0.739. The first-order valence-corrected chi connectivity index (χ1v) is 12.4. The van der Waals surface area contributed by atoms with E-state index in [1.54, 1.807) is 0 Å². The summed E-state index contributed by atoms with van der Waals surface area (Å²) in [5.41, 5.74) is 0.974. The number of unbranched alkanes of at least 4 members (excludes halogenated alkanes) is 8. The molecule has 2 rings (SSSR count). The minimum atomic E-state index is -0.187. The average molecular weight is 412 g/mol. The molecule has 1 aliphatic rings. The molecule has 0 bridgehead atoms. The predicted molar refractivity (Wildman–Crippen MR) is 127 cm³/mol. The number of carbonyl (C=O) groups is 2. The fourth-order valence-electron chi connectivity index (χ4n) is 4.28. The zero-order valence-electron chi connectivity index (χ0n) is 18.6. The second kappa shape index (κ2) is 12.6. The fourth-order valence-corrected chi connectivity index (χ4v) is 5.22. The molecule has 3 radical (unpaired) electrons. The lowest BCUT2D eigenvalue weighted by Crippen LogP contribution is -2.36. The Kier molecular flexibility index (Phi) is 10.5. The van der Waals surface area contributed by atoms with Crippen LogP contribution in [0.15, 0.2) is 0 Å². The summed E-state index contributed by atoms with van der Waals surface area (Å²) in [7, 11) is 7.95. The number of thiophene rings is 1. The van der Waals surface area contributed by atoms with Gasteiger partial charge in [0.05, 0.1) is 11.1 Å². The molecule has 0 saturated carbocycles. The van der Waals surface area contributed by atoms with Gasteiger partial charge in [-0.2, -0.15) is 11.3 Å². The zero-order valence-corrected chi connectivity index (χ0v) is 19.4. The number of hydrogen-bond donors (Lipinski definition) is 0. The summed E-state index contributed by atoms with van der Waals surface area (Å²) in [4.78, 5) is 27.4. The standard InChI is InChI=1S/C23H36B2NO2S/c1-4-6-8-10-11-13-15-17(14-12-9-7-5-2)16-26-22(27)18-19(23(26)28)21(25-3)29-20(18)24/h17H,4-16H2,1-3H3. The van der Waals surface area contributed by atoms with Crippen molar-refractivity contribution in [1.29, 1.82) is 0 Å². The lowest BCUT2D eigenvalue weighted by atomic mass is 9.77. The van der Waals surface area contributed by atoms with Crippen molar-refractivity contribution >= 4 is 47.8 Å². The van der Waals surface area contributed by atoms with Crippen molar-refractivity contribution in [3.05, 3.63) is 11.1 Å². The van der Waals surface area contributed by atoms with E-state index in [0.29, 0.717) is 28.4 Å². The van der Waals surface area contributed by atoms with Gasteiger partial charge >= 0.3 is 0 Å². The lowest BCUT2D eigenvalue weighted by molar-refractivity contribution is 0.0622. The summed E-state index contributed by atoms with van der Waals surface area (Å²) < 4.78 is 1.30. The number of amides is 2. The van der Waals surface area contributed by atoms with E-state index in [0.717, 1.165) is 17.6 Å². The third-order valence-electron chi connectivity index (χ3n) is 6.02. The van der Waals surface area contributed by atoms with E-state index in [2.05, 4.69) is 13.8 Å². The number of hydrogen-bond acceptors (Lipinski definition) is 3. The average Bonchev–Trinajstić information content (AvgIpc) is 3.17. The second-order valence-corrected chi connectivity index (χ2v) is 9.45. The molecule has 1 atom stereocenters. The minimum Gasteiger partial charge on any atom is -0.274 e. The summed E-state index contributed by atoms with van der Waals surface area (Å²) in [5, 5.41) is 0. The van der Waals surface area contributed by atoms with Gasteiger partial charge in [-0.3, -0.25) is 14.5 Å². The van der Waals surface area contributed by atoms with E-state index in [-0.39, 0.29) is 11.8 Å². The molecule has 0 fully saturated rings. The molecule has 0 aromatic carbocycles. The van der Waals surface area contributed by atoms with Gasteiger partial charge < -0.3 is 0 Å². The van der Waals surface area contributed by atoms with Crippen LogP contribution in [0.25, 0.3) is 0 Å². The Morgan fingerprint density at radius 1 is 0.862 bits per heavy atom. The van der Waals surface area contributed by atoms with Crippen molar-refractivity contribution in [2.75, 3.05) is 6.54 Å². The normalized spacial score (nSPS) is 14.5. The Labute approximate surface area is 183 Å². The highest BCUT2D eigenvalue weighted by Gasteiger charge is 2.40. The van der Waals surface area contributed by atoms with Gasteiger partial charge in [-0.1, -0.05) is 84.9 Å². The maximum absolute atomic E-state index is 13.0. The van der Waals surface area contributed by atoms with Gasteiger partial charge in [0.25, 0.3) is 11.8 Å². The molecule has 0 spiro atoms. The third kappa shape index (κ3) is 6.47. The first-order chi connectivity index (χ1) is 14.0. The molecule has 0 N–H and O–H groups in total. The molecule has 1 aromatic rings. The van der Waals surface area contributed by atoms with Crippen molar-refractivity contribution in [2.24, 2.45) is 5.92 Å². The van der Waals surface area contributed by atoms with E-state index >= 15 is 0 Å². The third-order valence-corrected chi connectivity index (χ3v) is 7.10. The SMILES string of the molecule is [B]c1sc([B]C)c2c1C(=O)N(CC(CCCCCC)CCCCCCCC)C2=O. The highest BCUT2D eigenvalue weighted by atomic mass is 32.1. The maximum atomic E-state index is 13.0. The number of imide groups is 1. The van der Waals surface area contributed by atoms with Crippen molar-refractivity contribution in [1.82, 2.24) is 4.90 Å². The Morgan fingerprint density at radius 2 is 1.38 bits per heavy atom. The largest absolute Gasteiger partial charge is 0.274 e. The van der Waals surface area contributed by atoms with Gasteiger partial charge in [0.1, 0.15) is 7.85 Å². The smallest absolute Gasteiger partial charge is 0.261 e. The molecule has 6 heteroatoms. The van der Waals surface area contributed by atoms with Crippen LogP contribution < -0.4 is 9.55 Å². The first-order valence-electron chi connectivity index (χ1n) is 11.6. The van der Waals surface area contributed by atoms with Crippen molar-refractivity contribution in [2.45, 2.75) is 97.7 Å². The van der Waals surface area contributed by atoms with Crippen LogP contribution in [0.3, 0.4) is 0 Å². The molecule has 3 nitrogen and oxygen atoms in total. The number of rotatable bonds is 15. The first kappa shape index (κ1) is 24.2. The van der Waals surface area contributed by atoms with Crippen LogP contribution in [-0.4, -0.2) is 38.4 Å². The molecule has 0 saturated heterocycles.